The molecule has 0 radical (unpaired) electrons. The number of hydrogen-bond donors (Lipinski definition) is 2. The smallest absolute Gasteiger partial charge is 0.282 e. The molecular weight excluding hydrogens is 330 g/mol. The van der Waals surface area contributed by atoms with E-state index < -0.39 is 25.1 Å². The van der Waals surface area contributed by atoms with Crippen LogP contribution >= 0.6 is 0 Å². The van der Waals surface area contributed by atoms with Crippen molar-refractivity contribution in [2.75, 3.05) is 0 Å². The van der Waals surface area contributed by atoms with Gasteiger partial charge in [0.1, 0.15) is 4.90 Å². The van der Waals surface area contributed by atoms with Crippen molar-refractivity contribution in [2.45, 2.75) is 23.6 Å². The molecule has 0 aromatic heterocycles. The SMILES string of the molecule is C=Nc1c(S(=O)(=O)O)cc2cc(S(=O)(=O)O)cc(C)c2c1C. The molecule has 2 rings (SSSR count). The van der Waals surface area contributed by atoms with Crippen LogP contribution in [-0.2, 0) is 20.2 Å². The van der Waals surface area contributed by atoms with Crippen LogP contribution in [0.25, 0.3) is 10.8 Å². The first-order valence-corrected chi connectivity index (χ1v) is 8.84. The maximum Gasteiger partial charge on any atom is 0.296 e. The summed E-state index contributed by atoms with van der Waals surface area (Å²) >= 11 is 0. The van der Waals surface area contributed by atoms with Gasteiger partial charge in [-0.05, 0) is 60.7 Å². The van der Waals surface area contributed by atoms with E-state index >= 15 is 0 Å². The van der Waals surface area contributed by atoms with Gasteiger partial charge in [0, 0.05) is 0 Å². The highest BCUT2D eigenvalue weighted by atomic mass is 32.2. The number of aryl methyl sites for hydroxylation is 2. The van der Waals surface area contributed by atoms with Crippen molar-refractivity contribution < 1.29 is 25.9 Å². The molecule has 0 saturated heterocycles. The molecule has 2 aromatic rings. The average Bonchev–Trinajstić information content (AvgIpc) is 2.35. The van der Waals surface area contributed by atoms with Crippen LogP contribution in [0.5, 0.6) is 0 Å². The second kappa shape index (κ2) is 5.13. The summed E-state index contributed by atoms with van der Waals surface area (Å²) in [5.74, 6) is 0. The van der Waals surface area contributed by atoms with Crippen LogP contribution in [0, 0.1) is 13.8 Å². The fourth-order valence-electron chi connectivity index (χ4n) is 2.46. The van der Waals surface area contributed by atoms with Crippen molar-refractivity contribution >= 4 is 43.4 Å². The third kappa shape index (κ3) is 2.75. The van der Waals surface area contributed by atoms with Crippen LogP contribution in [0.3, 0.4) is 0 Å². The van der Waals surface area contributed by atoms with Gasteiger partial charge in [-0.2, -0.15) is 16.8 Å². The van der Waals surface area contributed by atoms with Crippen LogP contribution in [0.4, 0.5) is 5.69 Å². The first kappa shape index (κ1) is 16.6. The van der Waals surface area contributed by atoms with E-state index in [0.29, 0.717) is 16.5 Å². The molecule has 0 saturated carbocycles. The highest BCUT2D eigenvalue weighted by Gasteiger charge is 2.21. The summed E-state index contributed by atoms with van der Waals surface area (Å²) in [5.41, 5.74) is 0.937. The Morgan fingerprint density at radius 1 is 1.00 bits per heavy atom. The molecule has 2 N–H and O–H groups in total. The molecule has 0 unspecified atom stereocenters. The van der Waals surface area contributed by atoms with Gasteiger partial charge in [0.15, 0.2) is 0 Å². The van der Waals surface area contributed by atoms with E-state index in [1.54, 1.807) is 13.8 Å². The van der Waals surface area contributed by atoms with Crippen LogP contribution in [0.1, 0.15) is 11.1 Å². The zero-order chi connectivity index (χ0) is 16.9. The Morgan fingerprint density at radius 3 is 2.05 bits per heavy atom. The highest BCUT2D eigenvalue weighted by molar-refractivity contribution is 7.86. The summed E-state index contributed by atoms with van der Waals surface area (Å²) in [6, 6.07) is 3.50. The van der Waals surface area contributed by atoms with Gasteiger partial charge in [-0.15, -0.1) is 0 Å². The van der Waals surface area contributed by atoms with Crippen molar-refractivity contribution in [2.24, 2.45) is 4.99 Å². The molecule has 9 heteroatoms. The van der Waals surface area contributed by atoms with E-state index in [1.807, 2.05) is 0 Å². The van der Waals surface area contributed by atoms with Gasteiger partial charge in [0.2, 0.25) is 0 Å². The number of rotatable bonds is 3. The molecule has 0 heterocycles. The summed E-state index contributed by atoms with van der Waals surface area (Å²) in [4.78, 5) is 2.81. The molecule has 2 aromatic carbocycles. The Morgan fingerprint density at radius 2 is 1.59 bits per heavy atom. The van der Waals surface area contributed by atoms with Gasteiger partial charge >= 0.3 is 0 Å². The van der Waals surface area contributed by atoms with Crippen LogP contribution in [0.15, 0.2) is 33.0 Å². The fraction of sp³-hybridized carbons (Fsp3) is 0.154. The lowest BCUT2D eigenvalue weighted by atomic mass is 9.99. The van der Waals surface area contributed by atoms with Crippen molar-refractivity contribution in [1.29, 1.82) is 0 Å². The number of aliphatic imine (C=N–C) groups is 1. The lowest BCUT2D eigenvalue weighted by molar-refractivity contribution is 0.481. The normalized spacial score (nSPS) is 12.5. The quantitative estimate of drug-likeness (QED) is 0.651. The van der Waals surface area contributed by atoms with E-state index in [4.69, 9.17) is 4.55 Å². The summed E-state index contributed by atoms with van der Waals surface area (Å²) in [6.45, 7) is 6.50. The van der Waals surface area contributed by atoms with Gasteiger partial charge in [0.05, 0.1) is 10.6 Å². The largest absolute Gasteiger partial charge is 0.296 e. The van der Waals surface area contributed by atoms with Gasteiger partial charge in [-0.3, -0.25) is 14.1 Å². The summed E-state index contributed by atoms with van der Waals surface area (Å²) in [5, 5.41) is 0.812. The number of fused-ring (bicyclic) bond motifs is 1. The standard InChI is InChI=1S/C13H13NO6S2/c1-7-4-10(21(15,16)17)5-9-6-11(22(18,19)20)13(14-3)8(2)12(7)9/h4-6H,3H2,1-2H3,(H,15,16,17)(H,18,19,20). The fourth-order valence-corrected chi connectivity index (χ4v) is 3.80. The minimum Gasteiger partial charge on any atom is -0.282 e. The Balaban J connectivity index is 3.08. The summed E-state index contributed by atoms with van der Waals surface area (Å²) in [7, 11) is -9.01. The molecule has 0 atom stereocenters. The maximum absolute atomic E-state index is 11.5. The number of nitrogens with zero attached hydrogens (tertiary/aromatic N) is 1. The van der Waals surface area contributed by atoms with E-state index in [9.17, 15) is 21.4 Å². The van der Waals surface area contributed by atoms with E-state index in [-0.39, 0.29) is 16.0 Å². The van der Waals surface area contributed by atoms with Crippen molar-refractivity contribution in [3.63, 3.8) is 0 Å². The lowest BCUT2D eigenvalue weighted by Crippen LogP contribution is -2.03. The Kier molecular flexibility index (Phi) is 3.86. The molecule has 0 aliphatic carbocycles. The molecule has 0 aliphatic heterocycles. The molecule has 22 heavy (non-hydrogen) atoms. The lowest BCUT2D eigenvalue weighted by Gasteiger charge is -2.13. The topological polar surface area (TPSA) is 121 Å². The predicted molar refractivity (Wildman–Crippen MR) is 82.3 cm³/mol. The van der Waals surface area contributed by atoms with Gasteiger partial charge < -0.3 is 0 Å². The monoisotopic (exact) mass is 343 g/mol. The highest BCUT2D eigenvalue weighted by Crippen LogP contribution is 2.37. The second-order valence-electron chi connectivity index (χ2n) is 4.79. The van der Waals surface area contributed by atoms with E-state index in [2.05, 4.69) is 11.7 Å². The first-order chi connectivity index (χ1) is 9.96. The van der Waals surface area contributed by atoms with Crippen LogP contribution < -0.4 is 0 Å². The van der Waals surface area contributed by atoms with Crippen LogP contribution in [0.2, 0.25) is 0 Å². The molecule has 0 spiro atoms. The van der Waals surface area contributed by atoms with Gasteiger partial charge in [-0.25, -0.2) is 0 Å². The second-order valence-corrected chi connectivity index (χ2v) is 7.61. The molecule has 118 valence electrons. The summed E-state index contributed by atoms with van der Waals surface area (Å²) < 4.78 is 64.0. The zero-order valence-corrected chi connectivity index (χ0v) is 13.4. The third-order valence-corrected chi connectivity index (χ3v) is 5.02. The Bertz CT molecular complexity index is 1010. The van der Waals surface area contributed by atoms with Crippen molar-refractivity contribution in [3.05, 3.63) is 29.3 Å². The minimum atomic E-state index is -4.57. The molecule has 0 amide bonds. The molecule has 0 aliphatic rings. The Hall–Kier alpha value is -1.81. The van der Waals surface area contributed by atoms with Crippen molar-refractivity contribution in [1.82, 2.24) is 0 Å². The minimum absolute atomic E-state index is 0.00212. The van der Waals surface area contributed by atoms with E-state index in [0.717, 1.165) is 12.1 Å². The number of benzene rings is 2. The van der Waals surface area contributed by atoms with Crippen LogP contribution in [-0.4, -0.2) is 32.7 Å². The number of hydrogen-bond acceptors (Lipinski definition) is 5. The van der Waals surface area contributed by atoms with Gasteiger partial charge in [-0.1, -0.05) is 0 Å². The third-order valence-electron chi connectivity index (χ3n) is 3.32. The average molecular weight is 343 g/mol. The molecule has 0 bridgehead atoms. The van der Waals surface area contributed by atoms with Crippen molar-refractivity contribution in [3.8, 4) is 0 Å². The summed E-state index contributed by atoms with van der Waals surface area (Å²) in [6.07, 6.45) is 0. The maximum atomic E-state index is 11.5. The molecule has 7 nitrogen and oxygen atoms in total. The zero-order valence-electron chi connectivity index (χ0n) is 11.7. The Labute approximate surface area is 127 Å². The van der Waals surface area contributed by atoms with E-state index in [1.165, 1.54) is 6.07 Å². The molecule has 0 fully saturated rings. The molecular formula is C13H13NO6S2. The first-order valence-electron chi connectivity index (χ1n) is 5.96. The predicted octanol–water partition coefficient (Wildman–Crippen LogP) is 2.28. The van der Waals surface area contributed by atoms with Gasteiger partial charge in [0.25, 0.3) is 20.2 Å².